The fraction of sp³-hybridized carbons (Fsp3) is 0.188. The van der Waals surface area contributed by atoms with Gasteiger partial charge in [0.15, 0.2) is 0 Å². The number of carbonyl (C=O) groups is 1. The number of phenolic OH excluding ortho intramolecular Hbond substituents is 1. The molecule has 0 bridgehead atoms. The van der Waals surface area contributed by atoms with Gasteiger partial charge in [-0.3, -0.25) is 4.79 Å². The molecule has 0 fully saturated rings. The van der Waals surface area contributed by atoms with Gasteiger partial charge in [0.25, 0.3) is 5.91 Å². The molecule has 0 aromatic heterocycles. The minimum absolute atomic E-state index is 0.0113. The summed E-state index contributed by atoms with van der Waals surface area (Å²) in [6, 6.07) is 12.4. The first kappa shape index (κ1) is 14.1. The van der Waals surface area contributed by atoms with Crippen molar-refractivity contribution in [1.82, 2.24) is 0 Å². The van der Waals surface area contributed by atoms with E-state index in [9.17, 15) is 9.90 Å². The number of aromatic hydroxyl groups is 1. The highest BCUT2D eigenvalue weighted by molar-refractivity contribution is 6.06. The average Bonchev–Trinajstić information content (AvgIpc) is 2.42. The predicted octanol–water partition coefficient (Wildman–Crippen LogP) is 2.97. The van der Waals surface area contributed by atoms with Gasteiger partial charge in [0.05, 0.1) is 5.56 Å². The Morgan fingerprint density at radius 3 is 2.45 bits per heavy atom. The topological polar surface area (TPSA) is 75.4 Å². The third-order valence-electron chi connectivity index (χ3n) is 3.18. The minimum atomic E-state index is -0.334. The Kier molecular flexibility index (Phi) is 4.05. The van der Waals surface area contributed by atoms with E-state index in [4.69, 9.17) is 5.73 Å². The molecule has 4 nitrogen and oxygen atoms in total. The van der Waals surface area contributed by atoms with Crippen LogP contribution in [-0.4, -0.2) is 11.0 Å². The van der Waals surface area contributed by atoms with E-state index in [1.165, 1.54) is 0 Å². The smallest absolute Gasteiger partial charge is 0.259 e. The van der Waals surface area contributed by atoms with Crippen LogP contribution < -0.4 is 11.1 Å². The van der Waals surface area contributed by atoms with E-state index in [0.29, 0.717) is 11.3 Å². The third-order valence-corrected chi connectivity index (χ3v) is 3.18. The molecule has 0 aliphatic heterocycles. The summed E-state index contributed by atoms with van der Waals surface area (Å²) in [6.07, 6.45) is 0. The van der Waals surface area contributed by atoms with E-state index < -0.39 is 0 Å². The number of phenols is 1. The molecule has 1 atom stereocenters. The van der Waals surface area contributed by atoms with E-state index in [0.717, 1.165) is 5.56 Å². The molecule has 2 aromatic carbocycles. The monoisotopic (exact) mass is 270 g/mol. The Balaban J connectivity index is 2.17. The lowest BCUT2D eigenvalue weighted by atomic mass is 10.1. The van der Waals surface area contributed by atoms with E-state index >= 15 is 0 Å². The molecule has 2 rings (SSSR count). The predicted molar refractivity (Wildman–Crippen MR) is 79.8 cm³/mol. The molecule has 0 saturated carbocycles. The fourth-order valence-corrected chi connectivity index (χ4v) is 1.91. The van der Waals surface area contributed by atoms with Crippen LogP contribution in [0.5, 0.6) is 5.75 Å². The van der Waals surface area contributed by atoms with E-state index in [2.05, 4.69) is 5.32 Å². The Hall–Kier alpha value is -2.33. The van der Waals surface area contributed by atoms with Crippen molar-refractivity contribution >= 4 is 11.6 Å². The van der Waals surface area contributed by atoms with Crippen LogP contribution in [0.1, 0.15) is 34.5 Å². The Labute approximate surface area is 118 Å². The van der Waals surface area contributed by atoms with Crippen molar-refractivity contribution in [3.63, 3.8) is 0 Å². The molecule has 0 radical (unpaired) electrons. The van der Waals surface area contributed by atoms with Gasteiger partial charge >= 0.3 is 0 Å². The van der Waals surface area contributed by atoms with E-state index in [1.54, 1.807) is 37.3 Å². The quantitative estimate of drug-likeness (QED) is 0.802. The summed E-state index contributed by atoms with van der Waals surface area (Å²) in [5, 5.41) is 12.6. The zero-order valence-electron chi connectivity index (χ0n) is 11.6. The summed E-state index contributed by atoms with van der Waals surface area (Å²) < 4.78 is 0. The number of hydrogen-bond acceptors (Lipinski definition) is 3. The molecule has 2 aromatic rings. The molecule has 0 aliphatic carbocycles. The summed E-state index contributed by atoms with van der Waals surface area (Å²) >= 11 is 0. The standard InChI is InChI=1S/C16H18N2O2/c1-10-4-3-5-14(15(10)19)16(20)18-13-8-6-12(7-9-13)11(2)17/h3-9,11,19H,17H2,1-2H3,(H,18,20). The molecule has 0 spiro atoms. The molecule has 0 aliphatic rings. The Bertz CT molecular complexity index is 619. The first-order chi connectivity index (χ1) is 9.49. The lowest BCUT2D eigenvalue weighted by Gasteiger charge is -2.10. The van der Waals surface area contributed by atoms with Crippen molar-refractivity contribution in [2.45, 2.75) is 19.9 Å². The van der Waals surface area contributed by atoms with Gasteiger partial charge < -0.3 is 16.2 Å². The van der Waals surface area contributed by atoms with Crippen LogP contribution in [0.25, 0.3) is 0 Å². The van der Waals surface area contributed by atoms with Crippen molar-refractivity contribution in [2.24, 2.45) is 5.73 Å². The molecule has 1 unspecified atom stereocenters. The van der Waals surface area contributed by atoms with Crippen molar-refractivity contribution in [3.05, 3.63) is 59.2 Å². The second-order valence-corrected chi connectivity index (χ2v) is 4.84. The summed E-state index contributed by atoms with van der Waals surface area (Å²) in [6.45, 7) is 3.65. The third kappa shape index (κ3) is 2.97. The number of nitrogens with one attached hydrogen (secondary N) is 1. The maximum absolute atomic E-state index is 12.1. The number of hydrogen-bond donors (Lipinski definition) is 3. The van der Waals surface area contributed by atoms with Gasteiger partial charge in [0.2, 0.25) is 0 Å². The van der Waals surface area contributed by atoms with Crippen molar-refractivity contribution in [2.75, 3.05) is 5.32 Å². The van der Waals surface area contributed by atoms with Gasteiger partial charge in [-0.2, -0.15) is 0 Å². The van der Waals surface area contributed by atoms with Crippen LogP contribution in [0.3, 0.4) is 0 Å². The van der Waals surface area contributed by atoms with Crippen molar-refractivity contribution in [3.8, 4) is 5.75 Å². The number of carbonyl (C=O) groups excluding carboxylic acids is 1. The van der Waals surface area contributed by atoms with Gasteiger partial charge in [-0.15, -0.1) is 0 Å². The van der Waals surface area contributed by atoms with Crippen molar-refractivity contribution in [1.29, 1.82) is 0 Å². The van der Waals surface area contributed by atoms with Crippen molar-refractivity contribution < 1.29 is 9.90 Å². The first-order valence-electron chi connectivity index (χ1n) is 6.44. The van der Waals surface area contributed by atoms with Gasteiger partial charge in [0, 0.05) is 11.7 Å². The molecule has 0 saturated heterocycles. The molecule has 0 heterocycles. The number of amides is 1. The summed E-state index contributed by atoms with van der Waals surface area (Å²) in [5.41, 5.74) is 8.38. The van der Waals surface area contributed by atoms with Crippen LogP contribution >= 0.6 is 0 Å². The fourth-order valence-electron chi connectivity index (χ4n) is 1.91. The largest absolute Gasteiger partial charge is 0.507 e. The highest BCUT2D eigenvalue weighted by Gasteiger charge is 2.12. The SMILES string of the molecule is Cc1cccc(C(=O)Nc2ccc(C(C)N)cc2)c1O. The molecule has 20 heavy (non-hydrogen) atoms. The van der Waals surface area contributed by atoms with Crippen LogP contribution in [0.4, 0.5) is 5.69 Å². The Morgan fingerprint density at radius 2 is 1.85 bits per heavy atom. The number of para-hydroxylation sites is 1. The zero-order chi connectivity index (χ0) is 14.7. The minimum Gasteiger partial charge on any atom is -0.507 e. The molecule has 104 valence electrons. The zero-order valence-corrected chi connectivity index (χ0v) is 11.6. The number of nitrogens with two attached hydrogens (primary N) is 1. The summed E-state index contributed by atoms with van der Waals surface area (Å²) in [4.78, 5) is 12.1. The summed E-state index contributed by atoms with van der Waals surface area (Å²) in [5.74, 6) is -0.322. The normalized spacial score (nSPS) is 11.9. The molecule has 1 amide bonds. The van der Waals surface area contributed by atoms with Crippen LogP contribution in [0, 0.1) is 6.92 Å². The average molecular weight is 270 g/mol. The van der Waals surface area contributed by atoms with Gasteiger partial charge in [0.1, 0.15) is 5.75 Å². The lowest BCUT2D eigenvalue weighted by molar-refractivity contribution is 0.102. The number of anilines is 1. The van der Waals surface area contributed by atoms with E-state index in [-0.39, 0.29) is 23.3 Å². The number of aryl methyl sites for hydroxylation is 1. The van der Waals surface area contributed by atoms with Gasteiger partial charge in [-0.1, -0.05) is 24.3 Å². The van der Waals surface area contributed by atoms with E-state index in [1.807, 2.05) is 19.1 Å². The number of benzene rings is 2. The lowest BCUT2D eigenvalue weighted by Crippen LogP contribution is -2.12. The van der Waals surface area contributed by atoms with Gasteiger partial charge in [-0.25, -0.2) is 0 Å². The second-order valence-electron chi connectivity index (χ2n) is 4.84. The molecule has 4 heteroatoms. The van der Waals surface area contributed by atoms with Crippen LogP contribution in [0.2, 0.25) is 0 Å². The number of rotatable bonds is 3. The summed E-state index contributed by atoms with van der Waals surface area (Å²) in [7, 11) is 0. The molecular formula is C16H18N2O2. The maximum Gasteiger partial charge on any atom is 0.259 e. The highest BCUT2D eigenvalue weighted by Crippen LogP contribution is 2.23. The maximum atomic E-state index is 12.1. The highest BCUT2D eigenvalue weighted by atomic mass is 16.3. The second kappa shape index (κ2) is 5.75. The van der Waals surface area contributed by atoms with Crippen LogP contribution in [-0.2, 0) is 0 Å². The molecular weight excluding hydrogens is 252 g/mol. The van der Waals surface area contributed by atoms with Crippen LogP contribution in [0.15, 0.2) is 42.5 Å². The Morgan fingerprint density at radius 1 is 1.20 bits per heavy atom. The van der Waals surface area contributed by atoms with Gasteiger partial charge in [-0.05, 0) is 43.2 Å². The molecule has 4 N–H and O–H groups in total. The first-order valence-corrected chi connectivity index (χ1v) is 6.44.